The third-order valence-corrected chi connectivity index (χ3v) is 17.2. The van der Waals surface area contributed by atoms with E-state index in [9.17, 15) is 24.2 Å². The lowest BCUT2D eigenvalue weighted by Gasteiger charge is -2.20. The molecule has 472 valence electrons. The van der Waals surface area contributed by atoms with Gasteiger partial charge in [-0.15, -0.1) is 0 Å². The van der Waals surface area contributed by atoms with E-state index in [1.165, 1.54) is 315 Å². The number of unbranched alkanes of at least 4 members (excludes halogenated alkanes) is 54. The molecule has 0 radical (unpaired) electrons. The number of ether oxygens (including phenoxy) is 2. The number of aliphatic hydroxyl groups excluding tert-OH is 2. The van der Waals surface area contributed by atoms with Crippen molar-refractivity contribution < 1.29 is 47.8 Å². The Bertz CT molecular complexity index is 1270. The Labute approximate surface area is 490 Å². The summed E-state index contributed by atoms with van der Waals surface area (Å²) in [5.41, 5.74) is 0. The van der Waals surface area contributed by atoms with Gasteiger partial charge in [-0.2, -0.15) is 0 Å². The molecule has 0 aromatic rings. The number of rotatable bonds is 68. The minimum absolute atomic E-state index is 0.194. The van der Waals surface area contributed by atoms with Gasteiger partial charge in [0.25, 0.3) is 0 Å². The van der Waals surface area contributed by atoms with E-state index >= 15 is 0 Å². The monoisotopic (exact) mass is 1140 g/mol. The van der Waals surface area contributed by atoms with Crippen molar-refractivity contribution in [2.75, 3.05) is 26.4 Å². The summed E-state index contributed by atoms with van der Waals surface area (Å²) in [4.78, 5) is 35.5. The maximum Gasteiger partial charge on any atom is 0.472 e. The SMILES string of the molecule is CCCCCCCCCCCCCCCCCCCCCCCCCCCCCCC(=O)OC[C@H](COP(=O)(O)OC[C@@H](O)CO)OC(=O)CCCCCCCCCCCCCCCCCCCCCCCCCCCCCC. The zero-order valence-electron chi connectivity index (χ0n) is 52.6. The second-order valence-electron chi connectivity index (χ2n) is 24.3. The molecular formula is C68H135O10P. The maximum atomic E-state index is 12.8. The molecule has 0 aliphatic carbocycles. The predicted octanol–water partition coefficient (Wildman–Crippen LogP) is 21.6. The van der Waals surface area contributed by atoms with Gasteiger partial charge < -0.3 is 24.6 Å². The molecule has 0 amide bonds. The van der Waals surface area contributed by atoms with E-state index in [0.717, 1.165) is 32.1 Å². The highest BCUT2D eigenvalue weighted by Gasteiger charge is 2.27. The minimum atomic E-state index is -4.63. The fraction of sp³-hybridized carbons (Fsp3) is 0.971. The molecule has 0 heterocycles. The van der Waals surface area contributed by atoms with E-state index in [4.69, 9.17) is 23.6 Å². The Morgan fingerprint density at radius 1 is 0.329 bits per heavy atom. The Hall–Kier alpha value is -1.03. The molecule has 1 unspecified atom stereocenters. The van der Waals surface area contributed by atoms with E-state index in [-0.39, 0.29) is 19.4 Å². The Morgan fingerprint density at radius 3 is 0.785 bits per heavy atom. The standard InChI is InChI=1S/C68H135O10P/c1-3-5-7-9-11-13-15-17-19-21-23-25-27-29-31-33-35-37-39-41-43-45-47-49-51-53-55-57-59-67(71)75-63-66(64-77-79(73,74)76-62-65(70)61-69)78-68(72)60-58-56-54-52-50-48-46-44-42-40-38-36-34-32-30-28-26-24-22-20-18-16-14-12-10-8-6-4-2/h65-66,69-70H,3-64H2,1-2H3,(H,73,74)/t65-,66+/m0/s1. The van der Waals surface area contributed by atoms with Crippen molar-refractivity contribution in [3.63, 3.8) is 0 Å². The van der Waals surface area contributed by atoms with Gasteiger partial charge >= 0.3 is 19.8 Å². The first-order chi connectivity index (χ1) is 38.7. The lowest BCUT2D eigenvalue weighted by atomic mass is 10.0. The van der Waals surface area contributed by atoms with Crippen LogP contribution in [0.3, 0.4) is 0 Å². The second kappa shape index (κ2) is 64.5. The Balaban J connectivity index is 3.91. The van der Waals surface area contributed by atoms with Gasteiger partial charge in [0.1, 0.15) is 12.7 Å². The zero-order chi connectivity index (χ0) is 57.5. The van der Waals surface area contributed by atoms with Crippen molar-refractivity contribution >= 4 is 19.8 Å². The van der Waals surface area contributed by atoms with Crippen molar-refractivity contribution in [3.8, 4) is 0 Å². The zero-order valence-corrected chi connectivity index (χ0v) is 53.5. The molecule has 0 aliphatic heterocycles. The Kier molecular flexibility index (Phi) is 63.7. The van der Waals surface area contributed by atoms with E-state index < -0.39 is 51.8 Å². The average Bonchev–Trinajstić information content (AvgIpc) is 3.44. The van der Waals surface area contributed by atoms with Crippen LogP contribution < -0.4 is 0 Å². The van der Waals surface area contributed by atoms with E-state index in [1.54, 1.807) is 0 Å². The van der Waals surface area contributed by atoms with Gasteiger partial charge in [-0.25, -0.2) is 4.57 Å². The molecule has 79 heavy (non-hydrogen) atoms. The number of phosphoric acid groups is 1. The first-order valence-electron chi connectivity index (χ1n) is 35.0. The summed E-state index contributed by atoms with van der Waals surface area (Å²) in [6, 6.07) is 0. The number of hydrogen-bond donors (Lipinski definition) is 3. The molecule has 11 heteroatoms. The van der Waals surface area contributed by atoms with Crippen molar-refractivity contribution in [3.05, 3.63) is 0 Å². The van der Waals surface area contributed by atoms with Gasteiger partial charge in [0.15, 0.2) is 6.10 Å². The third-order valence-electron chi connectivity index (χ3n) is 16.3. The van der Waals surface area contributed by atoms with Crippen LogP contribution in [0.5, 0.6) is 0 Å². The molecule has 0 rings (SSSR count). The van der Waals surface area contributed by atoms with Crippen molar-refractivity contribution in [2.45, 2.75) is 398 Å². The summed E-state index contributed by atoms with van der Waals surface area (Å²) in [5.74, 6) is -0.893. The fourth-order valence-corrected chi connectivity index (χ4v) is 11.7. The predicted molar refractivity (Wildman–Crippen MR) is 335 cm³/mol. The molecule has 3 atom stereocenters. The van der Waals surface area contributed by atoms with Crippen LogP contribution in [0.2, 0.25) is 0 Å². The lowest BCUT2D eigenvalue weighted by Crippen LogP contribution is -2.29. The van der Waals surface area contributed by atoms with Gasteiger partial charge in [-0.1, -0.05) is 361 Å². The summed E-state index contributed by atoms with van der Waals surface area (Å²) in [5, 5.41) is 18.5. The average molecular weight is 1140 g/mol. The topological polar surface area (TPSA) is 149 Å². The molecule has 0 aliphatic rings. The van der Waals surface area contributed by atoms with Crippen molar-refractivity contribution in [1.82, 2.24) is 0 Å². The third kappa shape index (κ3) is 64.4. The lowest BCUT2D eigenvalue weighted by molar-refractivity contribution is -0.161. The van der Waals surface area contributed by atoms with Crippen LogP contribution in [-0.4, -0.2) is 65.7 Å². The summed E-state index contributed by atoms with van der Waals surface area (Å²) in [6.07, 6.45) is 72.7. The summed E-state index contributed by atoms with van der Waals surface area (Å²) in [7, 11) is -4.63. The quantitative estimate of drug-likeness (QED) is 0.0305. The first-order valence-corrected chi connectivity index (χ1v) is 36.5. The van der Waals surface area contributed by atoms with Crippen LogP contribution in [0.4, 0.5) is 0 Å². The van der Waals surface area contributed by atoms with E-state index in [2.05, 4.69) is 13.8 Å². The molecule has 0 saturated heterocycles. The van der Waals surface area contributed by atoms with Crippen LogP contribution in [0, 0.1) is 0 Å². The minimum Gasteiger partial charge on any atom is -0.462 e. The van der Waals surface area contributed by atoms with Gasteiger partial charge in [0, 0.05) is 12.8 Å². The molecule has 0 bridgehead atoms. The van der Waals surface area contributed by atoms with Crippen molar-refractivity contribution in [1.29, 1.82) is 0 Å². The van der Waals surface area contributed by atoms with Gasteiger partial charge in [-0.05, 0) is 12.8 Å². The number of esters is 2. The van der Waals surface area contributed by atoms with Gasteiger partial charge in [0.05, 0.1) is 19.8 Å². The van der Waals surface area contributed by atoms with Gasteiger partial charge in [-0.3, -0.25) is 18.6 Å². The maximum absolute atomic E-state index is 12.8. The molecule has 0 fully saturated rings. The molecule has 0 aromatic carbocycles. The number of hydrogen-bond acceptors (Lipinski definition) is 9. The largest absolute Gasteiger partial charge is 0.472 e. The summed E-state index contributed by atoms with van der Waals surface area (Å²) >= 11 is 0. The van der Waals surface area contributed by atoms with E-state index in [1.807, 2.05) is 0 Å². The van der Waals surface area contributed by atoms with Crippen LogP contribution in [-0.2, 0) is 32.7 Å². The molecule has 0 aromatic heterocycles. The first kappa shape index (κ1) is 78.0. The normalized spacial score (nSPS) is 13.2. The summed E-state index contributed by atoms with van der Waals surface area (Å²) in [6.45, 7) is 2.50. The highest BCUT2D eigenvalue weighted by molar-refractivity contribution is 7.47. The number of carbonyl (C=O) groups is 2. The second-order valence-corrected chi connectivity index (χ2v) is 25.7. The number of carbonyl (C=O) groups excluding carboxylic acids is 2. The smallest absolute Gasteiger partial charge is 0.462 e. The molecular weight excluding hydrogens is 1010 g/mol. The molecule has 3 N–H and O–H groups in total. The van der Waals surface area contributed by atoms with Crippen LogP contribution in [0.15, 0.2) is 0 Å². The summed E-state index contributed by atoms with van der Waals surface area (Å²) < 4.78 is 33.1. The highest BCUT2D eigenvalue weighted by Crippen LogP contribution is 2.43. The van der Waals surface area contributed by atoms with Crippen molar-refractivity contribution in [2.24, 2.45) is 0 Å². The van der Waals surface area contributed by atoms with Gasteiger partial charge in [0.2, 0.25) is 0 Å². The Morgan fingerprint density at radius 2 is 0.544 bits per heavy atom. The van der Waals surface area contributed by atoms with Crippen LogP contribution in [0.1, 0.15) is 386 Å². The number of aliphatic hydroxyl groups is 2. The fourth-order valence-electron chi connectivity index (χ4n) is 10.9. The van der Waals surface area contributed by atoms with E-state index in [0.29, 0.717) is 12.8 Å². The molecule has 0 spiro atoms. The van der Waals surface area contributed by atoms with Crippen LogP contribution >= 0.6 is 7.82 Å². The molecule has 10 nitrogen and oxygen atoms in total. The number of phosphoric ester groups is 1. The highest BCUT2D eigenvalue weighted by atomic mass is 31.2. The van der Waals surface area contributed by atoms with Crippen LogP contribution in [0.25, 0.3) is 0 Å². The molecule has 0 saturated carbocycles.